The molecular formula is C25H38F4OSi. The SMILES string of the molecule is FCCCC[SiH]1CCC(C2CCC(CCc3ccc(OCC(F)F)c(F)c3)CC2)CC1. The summed E-state index contributed by atoms with van der Waals surface area (Å²) in [4.78, 5) is 0. The second-order valence-corrected chi connectivity index (χ2v) is 13.2. The fourth-order valence-corrected chi connectivity index (χ4v) is 9.30. The molecule has 1 aromatic carbocycles. The smallest absolute Gasteiger partial charge is 0.272 e. The van der Waals surface area contributed by atoms with Gasteiger partial charge in [0.05, 0.1) is 6.67 Å². The summed E-state index contributed by atoms with van der Waals surface area (Å²) in [6, 6.07) is 9.00. The summed E-state index contributed by atoms with van der Waals surface area (Å²) in [5.41, 5.74) is 0.917. The number of halogens is 4. The maximum absolute atomic E-state index is 14.1. The summed E-state index contributed by atoms with van der Waals surface area (Å²) >= 11 is 0. The zero-order valence-corrected chi connectivity index (χ0v) is 19.8. The van der Waals surface area contributed by atoms with Gasteiger partial charge in [-0.2, -0.15) is 0 Å². The molecule has 1 saturated carbocycles. The highest BCUT2D eigenvalue weighted by molar-refractivity contribution is 6.58. The molecule has 0 bridgehead atoms. The Balaban J connectivity index is 1.34. The van der Waals surface area contributed by atoms with Gasteiger partial charge in [0.15, 0.2) is 11.6 Å². The van der Waals surface area contributed by atoms with Gasteiger partial charge in [0.25, 0.3) is 6.43 Å². The molecule has 176 valence electrons. The maximum atomic E-state index is 14.1. The third kappa shape index (κ3) is 8.10. The Morgan fingerprint density at radius 2 is 1.68 bits per heavy atom. The van der Waals surface area contributed by atoms with Crippen LogP contribution in [0.5, 0.6) is 5.75 Å². The Morgan fingerprint density at radius 1 is 0.968 bits per heavy atom. The van der Waals surface area contributed by atoms with E-state index in [1.807, 2.05) is 0 Å². The van der Waals surface area contributed by atoms with Gasteiger partial charge in [0, 0.05) is 8.80 Å². The van der Waals surface area contributed by atoms with E-state index in [2.05, 4.69) is 0 Å². The van der Waals surface area contributed by atoms with Crippen molar-refractivity contribution < 1.29 is 22.3 Å². The van der Waals surface area contributed by atoms with Crippen molar-refractivity contribution in [1.29, 1.82) is 0 Å². The van der Waals surface area contributed by atoms with Crippen LogP contribution in [0.15, 0.2) is 18.2 Å². The molecule has 1 aliphatic heterocycles. The van der Waals surface area contributed by atoms with Crippen molar-refractivity contribution in [3.63, 3.8) is 0 Å². The highest BCUT2D eigenvalue weighted by atomic mass is 28.3. The second kappa shape index (κ2) is 12.9. The van der Waals surface area contributed by atoms with Crippen LogP contribution >= 0.6 is 0 Å². The van der Waals surface area contributed by atoms with Crippen LogP contribution in [0.2, 0.25) is 18.1 Å². The molecule has 1 aliphatic carbocycles. The van der Waals surface area contributed by atoms with Crippen LogP contribution in [-0.4, -0.2) is 28.5 Å². The highest BCUT2D eigenvalue weighted by Crippen LogP contribution is 2.42. The van der Waals surface area contributed by atoms with E-state index in [1.165, 1.54) is 68.8 Å². The zero-order valence-electron chi connectivity index (χ0n) is 18.6. The van der Waals surface area contributed by atoms with E-state index >= 15 is 0 Å². The predicted molar refractivity (Wildman–Crippen MR) is 121 cm³/mol. The molecule has 1 saturated heterocycles. The first kappa shape index (κ1) is 24.6. The van der Waals surface area contributed by atoms with Crippen molar-refractivity contribution in [3.05, 3.63) is 29.6 Å². The quantitative estimate of drug-likeness (QED) is 0.188. The molecule has 0 unspecified atom stereocenters. The number of aryl methyl sites for hydroxylation is 1. The van der Waals surface area contributed by atoms with Gasteiger partial charge in [-0.3, -0.25) is 4.39 Å². The first-order valence-corrected chi connectivity index (χ1v) is 14.8. The van der Waals surface area contributed by atoms with Gasteiger partial charge in [-0.25, -0.2) is 13.2 Å². The standard InChI is InChI=1S/C25H38F4OSi/c26-13-1-2-14-31-15-11-22(12-16-31)21-8-5-19(6-9-21)3-4-20-7-10-24(23(27)17-20)30-18-25(28)29/h7,10,17,19,21-22,25,31H,1-6,8-9,11-16,18H2. The Hall–Kier alpha value is -1.04. The first-order valence-electron chi connectivity index (χ1n) is 12.3. The van der Waals surface area contributed by atoms with Crippen LogP contribution in [0.1, 0.15) is 63.4 Å². The lowest BCUT2D eigenvalue weighted by Gasteiger charge is -2.37. The van der Waals surface area contributed by atoms with Crippen molar-refractivity contribution in [2.75, 3.05) is 13.3 Å². The zero-order chi connectivity index (χ0) is 22.1. The van der Waals surface area contributed by atoms with E-state index in [0.29, 0.717) is 5.92 Å². The highest BCUT2D eigenvalue weighted by Gasteiger charge is 2.31. The van der Waals surface area contributed by atoms with Crippen molar-refractivity contribution in [2.45, 2.75) is 88.8 Å². The molecule has 31 heavy (non-hydrogen) atoms. The summed E-state index contributed by atoms with van der Waals surface area (Å²) in [6.07, 6.45) is 9.22. The normalized spacial score (nSPS) is 26.9. The molecular weight excluding hydrogens is 420 g/mol. The van der Waals surface area contributed by atoms with Crippen molar-refractivity contribution in [2.24, 2.45) is 17.8 Å². The van der Waals surface area contributed by atoms with E-state index in [9.17, 15) is 17.6 Å². The van der Waals surface area contributed by atoms with Gasteiger partial charge >= 0.3 is 0 Å². The average molecular weight is 459 g/mol. The second-order valence-electron chi connectivity index (χ2n) is 9.75. The first-order chi connectivity index (χ1) is 15.0. The molecule has 1 nitrogen and oxygen atoms in total. The summed E-state index contributed by atoms with van der Waals surface area (Å²) in [6.45, 7) is -0.925. The number of alkyl halides is 3. The molecule has 2 fully saturated rings. The van der Waals surface area contributed by atoms with E-state index in [1.54, 1.807) is 6.07 Å². The number of unbranched alkanes of at least 4 members (excludes halogenated alkanes) is 1. The van der Waals surface area contributed by atoms with E-state index in [4.69, 9.17) is 4.74 Å². The maximum Gasteiger partial charge on any atom is 0.272 e. The van der Waals surface area contributed by atoms with Crippen molar-refractivity contribution in [3.8, 4) is 5.75 Å². The lowest BCUT2D eigenvalue weighted by Crippen LogP contribution is -2.28. The Morgan fingerprint density at radius 3 is 2.32 bits per heavy atom. The number of benzene rings is 1. The topological polar surface area (TPSA) is 9.23 Å². The van der Waals surface area contributed by atoms with Crippen LogP contribution in [0, 0.1) is 23.6 Å². The van der Waals surface area contributed by atoms with Crippen LogP contribution in [-0.2, 0) is 6.42 Å². The van der Waals surface area contributed by atoms with Gasteiger partial charge < -0.3 is 4.74 Å². The van der Waals surface area contributed by atoms with E-state index in [0.717, 1.165) is 43.1 Å². The molecule has 0 N–H and O–H groups in total. The van der Waals surface area contributed by atoms with Gasteiger partial charge in [0.2, 0.25) is 0 Å². The molecule has 0 aromatic heterocycles. The predicted octanol–water partition coefficient (Wildman–Crippen LogP) is 7.60. The van der Waals surface area contributed by atoms with Gasteiger partial charge in [0.1, 0.15) is 6.61 Å². The number of ether oxygens (including phenoxy) is 1. The summed E-state index contributed by atoms with van der Waals surface area (Å²) in [5.74, 6) is 1.87. The van der Waals surface area contributed by atoms with Gasteiger partial charge in [-0.15, -0.1) is 0 Å². The number of rotatable bonds is 11. The Bertz CT molecular complexity index is 640. The van der Waals surface area contributed by atoms with E-state index < -0.39 is 27.6 Å². The summed E-state index contributed by atoms with van der Waals surface area (Å²) in [7, 11) is -0.570. The van der Waals surface area contributed by atoms with Crippen LogP contribution < -0.4 is 4.74 Å². The van der Waals surface area contributed by atoms with Crippen molar-refractivity contribution in [1.82, 2.24) is 0 Å². The Kier molecular flexibility index (Phi) is 10.2. The van der Waals surface area contributed by atoms with Crippen LogP contribution in [0.25, 0.3) is 0 Å². The molecule has 0 amide bonds. The fraction of sp³-hybridized carbons (Fsp3) is 0.760. The molecule has 3 rings (SSSR count). The fourth-order valence-electron chi connectivity index (χ4n) is 5.76. The lowest BCUT2D eigenvalue weighted by molar-refractivity contribution is 0.0799. The largest absolute Gasteiger partial charge is 0.485 e. The Labute approximate surface area is 186 Å². The van der Waals surface area contributed by atoms with Crippen LogP contribution in [0.3, 0.4) is 0 Å². The molecule has 6 heteroatoms. The number of hydrogen-bond acceptors (Lipinski definition) is 1. The molecule has 2 aliphatic rings. The van der Waals surface area contributed by atoms with E-state index in [-0.39, 0.29) is 12.4 Å². The van der Waals surface area contributed by atoms with Crippen LogP contribution in [0.4, 0.5) is 17.6 Å². The summed E-state index contributed by atoms with van der Waals surface area (Å²) < 4.78 is 55.6. The molecule has 1 aromatic rings. The minimum absolute atomic E-state index is 0.0928. The molecule has 0 spiro atoms. The lowest BCUT2D eigenvalue weighted by atomic mass is 9.73. The average Bonchev–Trinajstić information content (AvgIpc) is 2.78. The third-order valence-corrected chi connectivity index (χ3v) is 11.2. The summed E-state index contributed by atoms with van der Waals surface area (Å²) in [5, 5.41) is 0. The molecule has 0 atom stereocenters. The number of hydrogen-bond donors (Lipinski definition) is 0. The minimum atomic E-state index is -2.60. The molecule has 0 radical (unpaired) electrons. The third-order valence-electron chi connectivity index (χ3n) is 7.65. The monoisotopic (exact) mass is 458 g/mol. The minimum Gasteiger partial charge on any atom is -0.485 e. The van der Waals surface area contributed by atoms with Gasteiger partial charge in [-0.05, 0) is 67.6 Å². The van der Waals surface area contributed by atoms with Gasteiger partial charge in [-0.1, -0.05) is 56.3 Å². The molecule has 1 heterocycles. The van der Waals surface area contributed by atoms with Crippen molar-refractivity contribution >= 4 is 8.80 Å².